The van der Waals surface area contributed by atoms with Crippen LogP contribution in [0.2, 0.25) is 0 Å². The summed E-state index contributed by atoms with van der Waals surface area (Å²) in [6.07, 6.45) is -1.12. The molecule has 8 heteroatoms. The second-order valence-corrected chi connectivity index (χ2v) is 4.70. The smallest absolute Gasteiger partial charge is 0.257 e. The van der Waals surface area contributed by atoms with E-state index in [-0.39, 0.29) is 28.3 Å². The first-order valence-electron chi connectivity index (χ1n) is 5.11. The van der Waals surface area contributed by atoms with Crippen LogP contribution in [0.4, 0.5) is 5.82 Å². The van der Waals surface area contributed by atoms with Crippen molar-refractivity contribution in [3.8, 4) is 5.88 Å². The Hall–Kier alpha value is -1.38. The Labute approximate surface area is 108 Å². The zero-order chi connectivity index (χ0) is 13.7. The first-order chi connectivity index (χ1) is 8.45. The van der Waals surface area contributed by atoms with Crippen LogP contribution in [0.25, 0.3) is 0 Å². The van der Waals surface area contributed by atoms with E-state index in [4.69, 9.17) is 10.5 Å². The summed E-state index contributed by atoms with van der Waals surface area (Å²) >= 11 is 0.922. The molecular weight excluding hydrogens is 258 g/mol. The average Bonchev–Trinajstić information content (AvgIpc) is 2.35. The molecule has 100 valence electrons. The van der Waals surface area contributed by atoms with E-state index in [1.54, 1.807) is 0 Å². The molecule has 7 nitrogen and oxygen atoms in total. The Morgan fingerprint density at radius 3 is 2.83 bits per heavy atom. The fourth-order valence-corrected chi connectivity index (χ4v) is 1.77. The van der Waals surface area contributed by atoms with Crippen LogP contribution in [0.3, 0.4) is 0 Å². The summed E-state index contributed by atoms with van der Waals surface area (Å²) in [4.78, 5) is 18.5. The van der Waals surface area contributed by atoms with Crippen molar-refractivity contribution in [2.75, 3.05) is 18.6 Å². The quantitative estimate of drug-likeness (QED) is 0.671. The third kappa shape index (κ3) is 3.83. The minimum absolute atomic E-state index is 0.0743. The Balaban J connectivity index is 2.76. The van der Waals surface area contributed by atoms with Crippen molar-refractivity contribution in [3.63, 3.8) is 0 Å². The number of thioether (sulfide) groups is 1. The van der Waals surface area contributed by atoms with Crippen molar-refractivity contribution in [2.45, 2.75) is 19.1 Å². The first-order valence-corrected chi connectivity index (χ1v) is 6.10. The second kappa shape index (κ2) is 6.53. The minimum atomic E-state index is -1.25. The van der Waals surface area contributed by atoms with Crippen molar-refractivity contribution in [1.82, 2.24) is 9.97 Å². The maximum atomic E-state index is 10.8. The predicted octanol–water partition coefficient (Wildman–Crippen LogP) is -0.259. The van der Waals surface area contributed by atoms with E-state index in [1.165, 1.54) is 20.2 Å². The monoisotopic (exact) mass is 273 g/mol. The van der Waals surface area contributed by atoms with Crippen molar-refractivity contribution in [1.29, 1.82) is 0 Å². The number of rotatable bonds is 5. The SMILES string of the molecule is COc1nc(C(O)C(O)CSC(C)=O)cnc1N. The molecule has 0 aliphatic carbocycles. The van der Waals surface area contributed by atoms with Gasteiger partial charge in [0.25, 0.3) is 5.88 Å². The molecule has 1 aromatic rings. The summed E-state index contributed by atoms with van der Waals surface area (Å²) in [7, 11) is 1.37. The fraction of sp³-hybridized carbons (Fsp3) is 0.500. The zero-order valence-corrected chi connectivity index (χ0v) is 10.8. The van der Waals surface area contributed by atoms with Crippen molar-refractivity contribution < 1.29 is 19.7 Å². The van der Waals surface area contributed by atoms with E-state index in [9.17, 15) is 15.0 Å². The fourth-order valence-electron chi connectivity index (χ4n) is 1.18. The third-order valence-corrected chi connectivity index (χ3v) is 3.02. The lowest BCUT2D eigenvalue weighted by Gasteiger charge is -2.16. The van der Waals surface area contributed by atoms with Gasteiger partial charge in [0.2, 0.25) is 0 Å². The highest BCUT2D eigenvalue weighted by atomic mass is 32.2. The Morgan fingerprint density at radius 1 is 1.61 bits per heavy atom. The highest BCUT2D eigenvalue weighted by Crippen LogP contribution is 2.22. The van der Waals surface area contributed by atoms with Crippen molar-refractivity contribution >= 4 is 22.7 Å². The molecule has 0 bridgehead atoms. The van der Waals surface area contributed by atoms with Gasteiger partial charge in [-0.15, -0.1) is 0 Å². The lowest BCUT2D eigenvalue weighted by molar-refractivity contribution is -0.109. The number of nitrogens with zero attached hydrogens (tertiary/aromatic N) is 2. The number of ether oxygens (including phenoxy) is 1. The number of aromatic nitrogens is 2. The van der Waals surface area contributed by atoms with Crippen molar-refractivity contribution in [3.05, 3.63) is 11.9 Å². The highest BCUT2D eigenvalue weighted by Gasteiger charge is 2.22. The molecule has 18 heavy (non-hydrogen) atoms. The van der Waals surface area contributed by atoms with Gasteiger partial charge in [0, 0.05) is 12.7 Å². The molecule has 0 aromatic carbocycles. The number of aliphatic hydroxyl groups is 2. The Morgan fingerprint density at radius 2 is 2.28 bits per heavy atom. The zero-order valence-electron chi connectivity index (χ0n) is 10.0. The topological polar surface area (TPSA) is 119 Å². The van der Waals surface area contributed by atoms with Gasteiger partial charge in [-0.2, -0.15) is 0 Å². The Kier molecular flexibility index (Phi) is 5.32. The van der Waals surface area contributed by atoms with Crippen LogP contribution in [0.15, 0.2) is 6.20 Å². The van der Waals surface area contributed by atoms with Gasteiger partial charge in [-0.3, -0.25) is 4.79 Å². The van der Waals surface area contributed by atoms with Crippen LogP contribution in [-0.2, 0) is 4.79 Å². The molecule has 2 unspecified atom stereocenters. The summed E-state index contributed by atoms with van der Waals surface area (Å²) < 4.78 is 4.86. The first kappa shape index (κ1) is 14.7. The van der Waals surface area contributed by atoms with Crippen LogP contribution >= 0.6 is 11.8 Å². The third-order valence-electron chi connectivity index (χ3n) is 2.10. The minimum Gasteiger partial charge on any atom is -0.478 e. The van der Waals surface area contributed by atoms with Crippen LogP contribution in [0.5, 0.6) is 5.88 Å². The molecular formula is C10H15N3O4S. The molecule has 1 rings (SSSR count). The standard InChI is InChI=1S/C10H15N3O4S/c1-5(14)18-4-7(15)8(16)6-3-12-9(11)10(13-6)17-2/h3,7-8,15-16H,4H2,1-2H3,(H2,11,12). The number of nitrogen functional groups attached to an aromatic ring is 1. The predicted molar refractivity (Wildman–Crippen MR) is 67.1 cm³/mol. The highest BCUT2D eigenvalue weighted by molar-refractivity contribution is 8.13. The number of methoxy groups -OCH3 is 1. The maximum absolute atomic E-state index is 10.8. The number of anilines is 1. The van der Waals surface area contributed by atoms with E-state index in [1.807, 2.05) is 0 Å². The largest absolute Gasteiger partial charge is 0.478 e. The lowest BCUT2D eigenvalue weighted by Crippen LogP contribution is -2.22. The van der Waals surface area contributed by atoms with Crippen LogP contribution in [-0.4, -0.2) is 44.3 Å². The molecule has 0 radical (unpaired) electrons. The van der Waals surface area contributed by atoms with Crippen molar-refractivity contribution in [2.24, 2.45) is 0 Å². The van der Waals surface area contributed by atoms with Gasteiger partial charge < -0.3 is 20.7 Å². The van der Waals surface area contributed by atoms with Gasteiger partial charge >= 0.3 is 0 Å². The second-order valence-electron chi connectivity index (χ2n) is 3.50. The number of carbonyl (C=O) groups excluding carboxylic acids is 1. The molecule has 1 heterocycles. The molecule has 0 fully saturated rings. The number of hydrogen-bond donors (Lipinski definition) is 3. The summed E-state index contributed by atoms with van der Waals surface area (Å²) in [5.74, 6) is 0.254. The van der Waals surface area contributed by atoms with Crippen LogP contribution in [0, 0.1) is 0 Å². The summed E-state index contributed by atoms with van der Waals surface area (Å²) in [6, 6.07) is 0. The van der Waals surface area contributed by atoms with Crippen LogP contribution < -0.4 is 10.5 Å². The van der Waals surface area contributed by atoms with Crippen LogP contribution in [0.1, 0.15) is 18.7 Å². The van der Waals surface area contributed by atoms with E-state index < -0.39 is 12.2 Å². The molecule has 2 atom stereocenters. The maximum Gasteiger partial charge on any atom is 0.257 e. The van der Waals surface area contributed by atoms with E-state index in [0.717, 1.165) is 11.8 Å². The molecule has 1 aromatic heterocycles. The average molecular weight is 273 g/mol. The lowest BCUT2D eigenvalue weighted by atomic mass is 10.2. The van der Waals surface area contributed by atoms with Gasteiger partial charge in [0.15, 0.2) is 10.9 Å². The van der Waals surface area contributed by atoms with Gasteiger partial charge in [-0.05, 0) is 0 Å². The van der Waals surface area contributed by atoms with E-state index in [2.05, 4.69) is 9.97 Å². The summed E-state index contributed by atoms with van der Waals surface area (Å²) in [5, 5.41) is 19.4. The summed E-state index contributed by atoms with van der Waals surface area (Å²) in [6.45, 7) is 1.38. The normalized spacial score (nSPS) is 14.0. The molecule has 0 aliphatic rings. The van der Waals surface area contributed by atoms with E-state index >= 15 is 0 Å². The number of carbonyl (C=O) groups is 1. The molecule has 0 saturated carbocycles. The molecule has 0 spiro atoms. The van der Waals surface area contributed by atoms with E-state index in [0.29, 0.717) is 0 Å². The molecule has 0 amide bonds. The van der Waals surface area contributed by atoms with Gasteiger partial charge in [0.1, 0.15) is 6.10 Å². The number of aliphatic hydroxyl groups excluding tert-OH is 2. The molecule has 0 saturated heterocycles. The number of hydrogen-bond acceptors (Lipinski definition) is 8. The van der Waals surface area contributed by atoms with Gasteiger partial charge in [-0.1, -0.05) is 11.8 Å². The van der Waals surface area contributed by atoms with Gasteiger partial charge in [0.05, 0.1) is 25.1 Å². The van der Waals surface area contributed by atoms with Gasteiger partial charge in [-0.25, -0.2) is 9.97 Å². The molecule has 4 N–H and O–H groups in total. The Bertz CT molecular complexity index is 430. The number of nitrogens with two attached hydrogens (primary N) is 1. The summed E-state index contributed by atoms with van der Waals surface area (Å²) in [5.41, 5.74) is 5.62. The molecule has 0 aliphatic heterocycles.